The lowest BCUT2D eigenvalue weighted by molar-refractivity contribution is 0.675. The monoisotopic (exact) mass is 690 g/mol. The molecule has 0 fully saturated rings. The van der Waals surface area contributed by atoms with Crippen molar-refractivity contribution in [3.63, 3.8) is 0 Å². The van der Waals surface area contributed by atoms with E-state index in [0.29, 0.717) is 0 Å². The van der Waals surface area contributed by atoms with Crippen LogP contribution in [0.2, 0.25) is 0 Å². The Kier molecular flexibility index (Phi) is 10.1. The van der Waals surface area contributed by atoms with E-state index in [-0.39, 0.29) is 197 Å². The molecule has 59 heavy (non-hydrogen) atoms. The third-order valence-corrected chi connectivity index (χ3v) is 11.5. The minimum Gasteiger partial charge on any atom is -0.457 e. The van der Waals surface area contributed by atoms with Crippen LogP contribution in [0.5, 0.6) is 0 Å². The zero-order chi connectivity index (χ0) is 43.5. The normalized spacial score (nSPS) is 11.9. The van der Waals surface area contributed by atoms with Gasteiger partial charge in [0.15, 0.2) is 0 Å². The fraction of sp³-hybridized carbons (Fsp3) is 0. The van der Waals surface area contributed by atoms with E-state index >= 15 is 0 Å². The molecule has 0 unspecified atom stereocenters. The van der Waals surface area contributed by atoms with Gasteiger partial charge >= 0.3 is 0 Å². The summed E-state index contributed by atoms with van der Waals surface area (Å²) in [4.78, 5) is 0. The molecule has 0 aliphatic rings. The average Bonchev–Trinajstić information content (AvgIpc) is 3.62. The largest absolute Gasteiger partial charge is 0.457 e. The second-order valence-corrected chi connectivity index (χ2v) is 14.4. The summed E-state index contributed by atoms with van der Waals surface area (Å²) < 4.78 is 6.27. The molecule has 216 valence electrons. The van der Waals surface area contributed by atoms with Crippen molar-refractivity contribution in [1.82, 2.24) is 0 Å². The van der Waals surface area contributed by atoms with E-state index in [2.05, 4.69) is 0 Å². The molecule has 0 aliphatic carbocycles. The van der Waals surface area contributed by atoms with E-state index in [4.69, 9.17) is 177 Å². The minimum absolute atomic E-state index is 0.00142. The Morgan fingerprint density at radius 1 is 0.153 bits per heavy atom. The van der Waals surface area contributed by atoms with Crippen molar-refractivity contribution in [2.75, 3.05) is 0 Å². The molecule has 8 aromatic rings. The lowest BCUT2D eigenvalue weighted by Crippen LogP contribution is -2.52. The Balaban J connectivity index is 1.74. The Labute approximate surface area is 371 Å². The first-order chi connectivity index (χ1) is 27.5. The minimum atomic E-state index is -0.142. The second kappa shape index (κ2) is 14.0. The summed E-state index contributed by atoms with van der Waals surface area (Å²) in [6.07, 6.45) is 0. The van der Waals surface area contributed by atoms with Crippen molar-refractivity contribution in [3.8, 4) is 22.3 Å². The Bertz CT molecular complexity index is 3270. The molecular weight excluding hydrogens is 686 g/mol. The first kappa shape index (κ1) is 42.2. The molecule has 8 rings (SSSR count). The molecule has 1 nitrogen and oxygen atoms in total. The standard InChI is InChI=1S/C36B22O/c37-13-7(18(42)20(44)10-9(13)21(45)30(54)31(55)22(10)46)1-3-5(16(40)28(52)26(50)14(3)38)2(6-4(1)15(39)27(51)29(53)17(6)41)8-19(43)23(47)11-12-24(48)32(56)33(57)34(58)36(12)59-35(11)25(8)49. The molecule has 7 aromatic carbocycles. The van der Waals surface area contributed by atoms with Crippen molar-refractivity contribution in [2.24, 2.45) is 0 Å². The van der Waals surface area contributed by atoms with Crippen LogP contribution in [-0.4, -0.2) is 173 Å². The van der Waals surface area contributed by atoms with E-state index in [1.165, 1.54) is 0 Å². The van der Waals surface area contributed by atoms with Gasteiger partial charge in [0.25, 0.3) is 0 Å². The highest BCUT2D eigenvalue weighted by atomic mass is 16.3. The molecule has 1 heterocycles. The van der Waals surface area contributed by atoms with E-state index in [1.807, 2.05) is 0 Å². The van der Waals surface area contributed by atoms with Gasteiger partial charge in [-0.15, -0.1) is 43.7 Å². The van der Waals surface area contributed by atoms with Crippen LogP contribution in [0.25, 0.3) is 76.5 Å². The Morgan fingerprint density at radius 3 is 0.729 bits per heavy atom. The number of hydrogen-bond acceptors (Lipinski definition) is 1. The molecule has 0 N–H and O–H groups in total. The van der Waals surface area contributed by atoms with Gasteiger partial charge in [-0.3, -0.25) is 0 Å². The lowest BCUT2D eigenvalue weighted by atomic mass is 9.56. The van der Waals surface area contributed by atoms with Gasteiger partial charge in [-0.05, 0) is 60.0 Å². The van der Waals surface area contributed by atoms with Gasteiger partial charge in [0, 0.05) is 10.8 Å². The van der Waals surface area contributed by atoms with Gasteiger partial charge in [-0.25, -0.2) is 0 Å². The maximum atomic E-state index is 7.06. The SMILES string of the molecule is [B]c1c([B])c([B])c2c(oc3c([B])c(-c4c5c([B])c([B])c([B])c([B])c5c(-c5c([B])c([B])c6c([B])c([B])c([B])c([B])c6c5[B])c5c([B])c([B])c([B])c([B])c45)c([B])c([B])c32)c1[B]. The summed E-state index contributed by atoms with van der Waals surface area (Å²) in [5, 5.41) is 0.819. The van der Waals surface area contributed by atoms with Crippen LogP contribution in [0.15, 0.2) is 4.42 Å². The van der Waals surface area contributed by atoms with Gasteiger partial charge in [-0.2, -0.15) is 0 Å². The fourth-order valence-electron chi connectivity index (χ4n) is 8.31. The predicted molar refractivity (Wildman–Crippen MR) is 276 cm³/mol. The van der Waals surface area contributed by atoms with Gasteiger partial charge in [0.1, 0.15) is 184 Å². The van der Waals surface area contributed by atoms with Crippen LogP contribution < -0.4 is 120 Å². The molecule has 0 saturated carbocycles. The van der Waals surface area contributed by atoms with Crippen LogP contribution in [0.4, 0.5) is 0 Å². The smallest absolute Gasteiger partial charge is 0.128 e. The number of benzene rings is 7. The summed E-state index contributed by atoms with van der Waals surface area (Å²) in [7, 11) is 146. The molecule has 0 atom stereocenters. The van der Waals surface area contributed by atoms with Crippen molar-refractivity contribution < 1.29 is 4.42 Å². The van der Waals surface area contributed by atoms with Gasteiger partial charge in [-0.1, -0.05) is 71.0 Å². The van der Waals surface area contributed by atoms with Crippen molar-refractivity contribution in [1.29, 1.82) is 0 Å². The van der Waals surface area contributed by atoms with E-state index < -0.39 is 0 Å². The van der Waals surface area contributed by atoms with Crippen LogP contribution >= 0.6 is 0 Å². The molecule has 0 spiro atoms. The maximum Gasteiger partial charge on any atom is 0.128 e. The molecule has 0 bridgehead atoms. The molecule has 44 radical (unpaired) electrons. The lowest BCUT2D eigenvalue weighted by Gasteiger charge is -2.32. The van der Waals surface area contributed by atoms with E-state index in [9.17, 15) is 0 Å². The third-order valence-electron chi connectivity index (χ3n) is 11.5. The number of fused-ring (bicyclic) bond motifs is 6. The van der Waals surface area contributed by atoms with Crippen LogP contribution in [0.3, 0.4) is 0 Å². The fourth-order valence-corrected chi connectivity index (χ4v) is 8.31. The molecular formula is C36B22O. The molecule has 1 aromatic heterocycles. The van der Waals surface area contributed by atoms with Crippen molar-refractivity contribution in [2.45, 2.75) is 0 Å². The molecule has 0 aliphatic heterocycles. The highest BCUT2D eigenvalue weighted by Crippen LogP contribution is 2.39. The van der Waals surface area contributed by atoms with Crippen molar-refractivity contribution in [3.05, 3.63) is 0 Å². The van der Waals surface area contributed by atoms with Gasteiger partial charge in [0.05, 0.1) is 0 Å². The molecule has 0 saturated heterocycles. The average molecular weight is 686 g/mol. The summed E-state index contributed by atoms with van der Waals surface area (Å²) in [6.45, 7) is 0. The van der Waals surface area contributed by atoms with Gasteiger partial charge < -0.3 is 4.42 Å². The summed E-state index contributed by atoms with van der Waals surface area (Å²) >= 11 is 0. The highest BCUT2D eigenvalue weighted by molar-refractivity contribution is 6.76. The first-order valence-electron chi connectivity index (χ1n) is 17.3. The van der Waals surface area contributed by atoms with Crippen LogP contribution in [-0.2, 0) is 0 Å². The summed E-state index contributed by atoms with van der Waals surface area (Å²) in [5.74, 6) is 0. The van der Waals surface area contributed by atoms with Crippen LogP contribution in [0, 0.1) is 0 Å². The van der Waals surface area contributed by atoms with Gasteiger partial charge in [0.2, 0.25) is 0 Å². The molecule has 23 heteroatoms. The van der Waals surface area contributed by atoms with Crippen LogP contribution in [0.1, 0.15) is 0 Å². The Morgan fingerprint density at radius 2 is 0.373 bits per heavy atom. The Hall–Kier alpha value is -3.45. The maximum absolute atomic E-state index is 7.06. The zero-order valence-corrected chi connectivity index (χ0v) is 31.1. The number of furan rings is 1. The van der Waals surface area contributed by atoms with E-state index in [0.717, 1.165) is 0 Å². The number of rotatable bonds is 2. The first-order valence-corrected chi connectivity index (χ1v) is 17.3. The second-order valence-electron chi connectivity index (χ2n) is 14.4. The zero-order valence-electron chi connectivity index (χ0n) is 31.1. The highest BCUT2D eigenvalue weighted by Gasteiger charge is 2.30. The summed E-state index contributed by atoms with van der Waals surface area (Å²) in [6, 6.07) is 0. The third kappa shape index (κ3) is 5.30. The van der Waals surface area contributed by atoms with Crippen molar-refractivity contribution >= 4 is 347 Å². The predicted octanol–water partition coefficient (Wildman–Crippen LogP) is -16.2. The topological polar surface area (TPSA) is 13.1 Å². The van der Waals surface area contributed by atoms with E-state index in [1.54, 1.807) is 0 Å². The quantitative estimate of drug-likeness (QED) is 0.130. The molecule has 0 amide bonds. The number of hydrogen-bond donors (Lipinski definition) is 0. The summed E-state index contributed by atoms with van der Waals surface area (Å²) in [5.41, 5.74) is -1.89.